The van der Waals surface area contributed by atoms with E-state index in [4.69, 9.17) is 9.47 Å². The smallest absolute Gasteiger partial charge is 0.242 e. The van der Waals surface area contributed by atoms with E-state index in [1.165, 1.54) is 18.4 Å². The van der Waals surface area contributed by atoms with E-state index in [9.17, 15) is 8.42 Å². The molecule has 172 valence electrons. The Morgan fingerprint density at radius 2 is 1.93 bits per heavy atom. The van der Waals surface area contributed by atoms with Gasteiger partial charge in [0.15, 0.2) is 5.96 Å². The average molecular weight is 554 g/mol. The number of hydrogen-bond acceptors (Lipinski definition) is 5. The van der Waals surface area contributed by atoms with Crippen molar-refractivity contribution in [3.63, 3.8) is 0 Å². The highest BCUT2D eigenvalue weighted by Gasteiger charge is 2.20. The van der Waals surface area contributed by atoms with Gasteiger partial charge in [-0.25, -0.2) is 12.7 Å². The molecule has 1 aliphatic heterocycles. The minimum absolute atomic E-state index is 0. The van der Waals surface area contributed by atoms with Gasteiger partial charge in [-0.15, -0.1) is 24.0 Å². The van der Waals surface area contributed by atoms with Crippen molar-refractivity contribution in [1.29, 1.82) is 0 Å². The number of hydrogen-bond donors (Lipinski definition) is 2. The normalized spacial score (nSPS) is 15.7. The summed E-state index contributed by atoms with van der Waals surface area (Å²) in [5.41, 5.74) is 0.698. The number of aliphatic imine (C=N–C) groups is 1. The fourth-order valence-corrected chi connectivity index (χ4v) is 4.16. The van der Waals surface area contributed by atoms with Crippen LogP contribution in [0.25, 0.3) is 0 Å². The van der Waals surface area contributed by atoms with Gasteiger partial charge in [-0.2, -0.15) is 0 Å². The molecule has 1 aromatic rings. The molecule has 0 aliphatic carbocycles. The predicted octanol–water partition coefficient (Wildman–Crippen LogP) is 2.05. The molecule has 1 aliphatic rings. The van der Waals surface area contributed by atoms with Crippen LogP contribution in [0, 0.1) is 5.92 Å². The Balaban J connectivity index is 0.00000450. The first-order valence-corrected chi connectivity index (χ1v) is 11.5. The first-order valence-electron chi connectivity index (χ1n) is 10.1. The van der Waals surface area contributed by atoms with E-state index < -0.39 is 10.0 Å². The molecular weight excluding hydrogens is 519 g/mol. The zero-order valence-corrected chi connectivity index (χ0v) is 21.2. The minimum atomic E-state index is -3.49. The maximum Gasteiger partial charge on any atom is 0.242 e. The summed E-state index contributed by atoms with van der Waals surface area (Å²) in [4.78, 5) is 4.50. The van der Waals surface area contributed by atoms with E-state index in [1.54, 1.807) is 25.2 Å². The second-order valence-electron chi connectivity index (χ2n) is 7.23. The van der Waals surface area contributed by atoms with Crippen molar-refractivity contribution in [2.45, 2.75) is 30.7 Å². The van der Waals surface area contributed by atoms with Crippen molar-refractivity contribution in [3.05, 3.63) is 29.8 Å². The van der Waals surface area contributed by atoms with Crippen LogP contribution in [-0.2, 0) is 26.0 Å². The predicted molar refractivity (Wildman–Crippen MR) is 130 cm³/mol. The molecule has 0 aromatic heterocycles. The first-order chi connectivity index (χ1) is 13.9. The lowest BCUT2D eigenvalue weighted by Gasteiger charge is -2.21. The lowest BCUT2D eigenvalue weighted by molar-refractivity contribution is 0.0203. The SMILES string of the molecule is CN=C(NCCCOCC1CCOCC1)NCc1ccccc1S(=O)(=O)N(C)C.I. The molecular formula is C20H35IN4O4S. The molecule has 0 amide bonds. The molecule has 1 fully saturated rings. The van der Waals surface area contributed by atoms with Crippen LogP contribution < -0.4 is 10.6 Å². The number of benzene rings is 1. The summed E-state index contributed by atoms with van der Waals surface area (Å²) in [6.45, 7) is 4.28. The van der Waals surface area contributed by atoms with E-state index in [1.807, 2.05) is 6.07 Å². The van der Waals surface area contributed by atoms with Crippen LogP contribution in [-0.4, -0.2) is 72.8 Å². The average Bonchev–Trinajstić information content (AvgIpc) is 2.73. The van der Waals surface area contributed by atoms with Crippen LogP contribution in [0.3, 0.4) is 0 Å². The molecule has 0 spiro atoms. The van der Waals surface area contributed by atoms with E-state index in [0.29, 0.717) is 35.5 Å². The quantitative estimate of drug-likeness (QED) is 0.199. The number of halogens is 1. The van der Waals surface area contributed by atoms with Crippen molar-refractivity contribution >= 4 is 40.0 Å². The summed E-state index contributed by atoms with van der Waals surface area (Å²) < 4.78 is 37.3. The molecule has 10 heteroatoms. The molecule has 8 nitrogen and oxygen atoms in total. The van der Waals surface area contributed by atoms with Gasteiger partial charge in [-0.05, 0) is 36.8 Å². The van der Waals surface area contributed by atoms with Crippen molar-refractivity contribution in [1.82, 2.24) is 14.9 Å². The molecule has 0 unspecified atom stereocenters. The zero-order valence-electron chi connectivity index (χ0n) is 18.1. The number of nitrogens with one attached hydrogen (secondary N) is 2. The van der Waals surface area contributed by atoms with Gasteiger partial charge in [0.1, 0.15) is 0 Å². The van der Waals surface area contributed by atoms with Gasteiger partial charge in [0.2, 0.25) is 10.0 Å². The molecule has 2 N–H and O–H groups in total. The molecule has 1 saturated heterocycles. The Kier molecular flexibility index (Phi) is 12.8. The molecule has 0 radical (unpaired) electrons. The van der Waals surface area contributed by atoms with Crippen LogP contribution in [0.2, 0.25) is 0 Å². The van der Waals surface area contributed by atoms with E-state index in [-0.39, 0.29) is 24.0 Å². The van der Waals surface area contributed by atoms with Crippen molar-refractivity contribution < 1.29 is 17.9 Å². The number of sulfonamides is 1. The van der Waals surface area contributed by atoms with E-state index >= 15 is 0 Å². The fourth-order valence-electron chi connectivity index (χ4n) is 3.04. The minimum Gasteiger partial charge on any atom is -0.381 e. The summed E-state index contributed by atoms with van der Waals surface area (Å²) >= 11 is 0. The summed E-state index contributed by atoms with van der Waals surface area (Å²) in [5.74, 6) is 1.25. The van der Waals surface area contributed by atoms with Crippen LogP contribution in [0.1, 0.15) is 24.8 Å². The van der Waals surface area contributed by atoms with Crippen LogP contribution >= 0.6 is 24.0 Å². The Labute approximate surface area is 197 Å². The van der Waals surface area contributed by atoms with Crippen molar-refractivity contribution in [2.24, 2.45) is 10.9 Å². The van der Waals surface area contributed by atoms with E-state index in [2.05, 4.69) is 15.6 Å². The highest BCUT2D eigenvalue weighted by Crippen LogP contribution is 2.18. The Morgan fingerprint density at radius 1 is 1.23 bits per heavy atom. The number of guanidine groups is 1. The summed E-state index contributed by atoms with van der Waals surface area (Å²) in [7, 11) is 1.27. The molecule has 30 heavy (non-hydrogen) atoms. The number of nitrogens with zero attached hydrogens (tertiary/aromatic N) is 2. The van der Waals surface area contributed by atoms with Crippen LogP contribution in [0.15, 0.2) is 34.2 Å². The van der Waals surface area contributed by atoms with E-state index in [0.717, 1.165) is 45.6 Å². The molecule has 0 atom stereocenters. The number of rotatable bonds is 10. The summed E-state index contributed by atoms with van der Waals surface area (Å²) in [5, 5.41) is 6.42. The van der Waals surface area contributed by atoms with Crippen molar-refractivity contribution in [3.8, 4) is 0 Å². The maximum absolute atomic E-state index is 12.5. The third-order valence-electron chi connectivity index (χ3n) is 4.85. The zero-order chi connectivity index (χ0) is 21.1. The van der Waals surface area contributed by atoms with Gasteiger partial charge in [-0.1, -0.05) is 18.2 Å². The third-order valence-corrected chi connectivity index (χ3v) is 6.77. The second-order valence-corrected chi connectivity index (χ2v) is 9.35. The lowest BCUT2D eigenvalue weighted by atomic mass is 10.0. The maximum atomic E-state index is 12.5. The second kappa shape index (κ2) is 14.2. The molecule has 0 bridgehead atoms. The Morgan fingerprint density at radius 3 is 2.60 bits per heavy atom. The lowest BCUT2D eigenvalue weighted by Crippen LogP contribution is -2.38. The van der Waals surface area contributed by atoms with Crippen LogP contribution in [0.4, 0.5) is 0 Å². The van der Waals surface area contributed by atoms with Gasteiger partial charge in [0.05, 0.1) is 4.90 Å². The van der Waals surface area contributed by atoms with Gasteiger partial charge in [-0.3, -0.25) is 4.99 Å². The first kappa shape index (κ1) is 27.1. The highest BCUT2D eigenvalue weighted by atomic mass is 127. The number of ether oxygens (including phenoxy) is 2. The Hall–Kier alpha value is -0.950. The Bertz CT molecular complexity index is 753. The molecule has 2 rings (SSSR count). The third kappa shape index (κ3) is 8.66. The molecule has 1 aromatic carbocycles. The summed E-state index contributed by atoms with van der Waals surface area (Å²) in [6, 6.07) is 6.99. The topological polar surface area (TPSA) is 92.3 Å². The van der Waals surface area contributed by atoms with Gasteiger partial charge >= 0.3 is 0 Å². The summed E-state index contributed by atoms with van der Waals surface area (Å²) in [6.07, 6.45) is 3.04. The van der Waals surface area contributed by atoms with Crippen molar-refractivity contribution in [2.75, 3.05) is 54.1 Å². The molecule has 1 heterocycles. The standard InChI is InChI=1S/C20H34N4O4S.HI/c1-21-20(22-11-6-12-28-16-17-9-13-27-14-10-17)23-15-18-7-4-5-8-19(18)29(25,26)24(2)3;/h4-5,7-8,17H,6,9-16H2,1-3H3,(H2,21,22,23);1H. The van der Waals surface area contributed by atoms with Crippen LogP contribution in [0.5, 0.6) is 0 Å². The monoisotopic (exact) mass is 554 g/mol. The largest absolute Gasteiger partial charge is 0.381 e. The van der Waals surface area contributed by atoms with Gasteiger partial charge in [0, 0.05) is 60.7 Å². The highest BCUT2D eigenvalue weighted by molar-refractivity contribution is 14.0. The molecule has 0 saturated carbocycles. The fraction of sp³-hybridized carbons (Fsp3) is 0.650. The van der Waals surface area contributed by atoms with Gasteiger partial charge in [0.25, 0.3) is 0 Å². The van der Waals surface area contributed by atoms with Gasteiger partial charge < -0.3 is 20.1 Å².